The van der Waals surface area contributed by atoms with E-state index in [0.29, 0.717) is 16.7 Å². The van der Waals surface area contributed by atoms with Gasteiger partial charge < -0.3 is 5.73 Å². The highest BCUT2D eigenvalue weighted by molar-refractivity contribution is 5.80. The highest BCUT2D eigenvalue weighted by Gasteiger charge is 2.11. The molecule has 3 nitrogen and oxygen atoms in total. The van der Waals surface area contributed by atoms with Gasteiger partial charge in [0.15, 0.2) is 0 Å². The van der Waals surface area contributed by atoms with Crippen LogP contribution < -0.4 is 5.73 Å². The molecule has 0 aliphatic heterocycles. The Morgan fingerprint density at radius 1 is 1.05 bits per heavy atom. The van der Waals surface area contributed by atoms with Gasteiger partial charge in [0, 0.05) is 6.07 Å². The molecule has 1 aromatic heterocycles. The standard InChI is InChI=1S/C14H11F2N3/c1-8-4-10(16)6-11(5-8)19-13-3-2-9(15)7-12(13)18-14(19)17/h2-7H,1H3,(H2,17,18). The smallest absolute Gasteiger partial charge is 0.205 e. The second-order valence-corrected chi connectivity index (χ2v) is 4.43. The zero-order valence-electron chi connectivity index (χ0n) is 10.2. The minimum atomic E-state index is -0.382. The molecule has 0 spiro atoms. The third-order valence-electron chi connectivity index (χ3n) is 2.93. The number of aryl methyl sites for hydroxylation is 1. The van der Waals surface area contributed by atoms with Crippen LogP contribution >= 0.6 is 0 Å². The first-order chi connectivity index (χ1) is 9.04. The second kappa shape index (κ2) is 4.05. The van der Waals surface area contributed by atoms with E-state index in [1.54, 1.807) is 23.6 Å². The molecule has 2 N–H and O–H groups in total. The Morgan fingerprint density at radius 2 is 1.84 bits per heavy atom. The minimum absolute atomic E-state index is 0.200. The molecule has 19 heavy (non-hydrogen) atoms. The van der Waals surface area contributed by atoms with E-state index < -0.39 is 0 Å². The summed E-state index contributed by atoms with van der Waals surface area (Å²) >= 11 is 0. The first-order valence-electron chi connectivity index (χ1n) is 5.75. The van der Waals surface area contributed by atoms with Crippen molar-refractivity contribution >= 4 is 17.0 Å². The zero-order chi connectivity index (χ0) is 13.6. The number of nitrogens with zero attached hydrogens (tertiary/aromatic N) is 2. The normalized spacial score (nSPS) is 11.1. The Bertz CT molecular complexity index is 757. The molecule has 0 fully saturated rings. The van der Waals surface area contributed by atoms with E-state index in [4.69, 9.17) is 5.73 Å². The highest BCUT2D eigenvalue weighted by atomic mass is 19.1. The van der Waals surface area contributed by atoms with Crippen molar-refractivity contribution in [2.45, 2.75) is 6.92 Å². The molecular weight excluding hydrogens is 248 g/mol. The van der Waals surface area contributed by atoms with Crippen molar-refractivity contribution < 1.29 is 8.78 Å². The largest absolute Gasteiger partial charge is 0.369 e. The maximum absolute atomic E-state index is 13.5. The Morgan fingerprint density at radius 3 is 2.58 bits per heavy atom. The van der Waals surface area contributed by atoms with Gasteiger partial charge in [-0.3, -0.25) is 4.57 Å². The van der Waals surface area contributed by atoms with Crippen molar-refractivity contribution in [2.24, 2.45) is 0 Å². The molecule has 2 aromatic carbocycles. The van der Waals surface area contributed by atoms with Crippen LogP contribution in [0.3, 0.4) is 0 Å². The third-order valence-corrected chi connectivity index (χ3v) is 2.93. The van der Waals surface area contributed by atoms with Crippen LogP contribution in [-0.4, -0.2) is 9.55 Å². The van der Waals surface area contributed by atoms with Gasteiger partial charge in [-0.1, -0.05) is 0 Å². The number of aromatic nitrogens is 2. The van der Waals surface area contributed by atoms with Crippen LogP contribution in [-0.2, 0) is 0 Å². The molecule has 5 heteroatoms. The molecule has 3 aromatic rings. The number of rotatable bonds is 1. The third kappa shape index (κ3) is 1.93. The number of hydrogen-bond acceptors (Lipinski definition) is 2. The lowest BCUT2D eigenvalue weighted by molar-refractivity contribution is 0.625. The molecule has 0 aliphatic carbocycles. The van der Waals surface area contributed by atoms with Gasteiger partial charge in [0.1, 0.15) is 11.6 Å². The number of fused-ring (bicyclic) bond motifs is 1. The quantitative estimate of drug-likeness (QED) is 0.729. The van der Waals surface area contributed by atoms with Crippen molar-refractivity contribution in [3.05, 3.63) is 53.6 Å². The first-order valence-corrected chi connectivity index (χ1v) is 5.75. The summed E-state index contributed by atoms with van der Waals surface area (Å²) in [6.45, 7) is 1.79. The predicted molar refractivity (Wildman–Crippen MR) is 70.1 cm³/mol. The number of benzene rings is 2. The van der Waals surface area contributed by atoms with E-state index in [9.17, 15) is 8.78 Å². The maximum atomic E-state index is 13.5. The number of anilines is 1. The fourth-order valence-corrected chi connectivity index (χ4v) is 2.19. The molecule has 0 atom stereocenters. The van der Waals surface area contributed by atoms with Crippen LogP contribution in [0.2, 0.25) is 0 Å². The van der Waals surface area contributed by atoms with Crippen LogP contribution in [0.15, 0.2) is 36.4 Å². The molecule has 0 aliphatic rings. The lowest BCUT2D eigenvalue weighted by Crippen LogP contribution is -2.01. The van der Waals surface area contributed by atoms with E-state index in [2.05, 4.69) is 4.98 Å². The molecular formula is C14H11F2N3. The van der Waals surface area contributed by atoms with E-state index in [1.807, 2.05) is 0 Å². The Kier molecular flexibility index (Phi) is 2.48. The summed E-state index contributed by atoms with van der Waals surface area (Å²) in [4.78, 5) is 4.09. The van der Waals surface area contributed by atoms with Crippen molar-refractivity contribution in [3.63, 3.8) is 0 Å². The monoisotopic (exact) mass is 259 g/mol. The molecule has 1 heterocycles. The Labute approximate surface area is 108 Å². The SMILES string of the molecule is Cc1cc(F)cc(-n2c(N)nc3cc(F)ccc32)c1. The van der Waals surface area contributed by atoms with Crippen LogP contribution in [0, 0.1) is 18.6 Å². The average molecular weight is 259 g/mol. The van der Waals surface area contributed by atoms with Crippen molar-refractivity contribution in [2.75, 3.05) is 5.73 Å². The lowest BCUT2D eigenvalue weighted by atomic mass is 10.2. The molecule has 0 saturated carbocycles. The fraction of sp³-hybridized carbons (Fsp3) is 0.0714. The van der Waals surface area contributed by atoms with E-state index in [0.717, 1.165) is 5.56 Å². The summed E-state index contributed by atoms with van der Waals surface area (Å²) in [7, 11) is 0. The van der Waals surface area contributed by atoms with Crippen molar-refractivity contribution in [3.8, 4) is 5.69 Å². The molecule has 0 bridgehead atoms. The Hall–Kier alpha value is -2.43. The van der Waals surface area contributed by atoms with Crippen LogP contribution in [0.4, 0.5) is 14.7 Å². The van der Waals surface area contributed by atoms with Crippen LogP contribution in [0.5, 0.6) is 0 Å². The van der Waals surface area contributed by atoms with E-state index in [-0.39, 0.29) is 17.6 Å². The summed E-state index contributed by atoms with van der Waals surface area (Å²) in [5.74, 6) is -0.531. The predicted octanol–water partition coefficient (Wildman–Crippen LogP) is 3.19. The molecule has 0 unspecified atom stereocenters. The van der Waals surface area contributed by atoms with Gasteiger partial charge >= 0.3 is 0 Å². The molecule has 3 rings (SSSR count). The van der Waals surface area contributed by atoms with Gasteiger partial charge in [-0.25, -0.2) is 13.8 Å². The highest BCUT2D eigenvalue weighted by Crippen LogP contribution is 2.24. The van der Waals surface area contributed by atoms with Crippen molar-refractivity contribution in [1.82, 2.24) is 9.55 Å². The van der Waals surface area contributed by atoms with E-state index >= 15 is 0 Å². The summed E-state index contributed by atoms with van der Waals surface area (Å²) < 4.78 is 28.2. The zero-order valence-corrected chi connectivity index (χ0v) is 10.2. The minimum Gasteiger partial charge on any atom is -0.369 e. The van der Waals surface area contributed by atoms with Gasteiger partial charge in [-0.05, 0) is 42.8 Å². The van der Waals surface area contributed by atoms with Gasteiger partial charge in [-0.15, -0.1) is 0 Å². The topological polar surface area (TPSA) is 43.8 Å². The molecule has 0 amide bonds. The average Bonchev–Trinajstić information content (AvgIpc) is 2.62. The summed E-state index contributed by atoms with van der Waals surface area (Å²) in [5.41, 5.74) is 8.28. The second-order valence-electron chi connectivity index (χ2n) is 4.43. The Balaban J connectivity index is 2.32. The van der Waals surface area contributed by atoms with E-state index in [1.165, 1.54) is 24.3 Å². The summed E-state index contributed by atoms with van der Waals surface area (Å²) in [6.07, 6.45) is 0. The van der Waals surface area contributed by atoms with Gasteiger partial charge in [0.05, 0.1) is 16.7 Å². The molecule has 96 valence electrons. The van der Waals surface area contributed by atoms with Crippen LogP contribution in [0.1, 0.15) is 5.56 Å². The van der Waals surface area contributed by atoms with Crippen LogP contribution in [0.25, 0.3) is 16.7 Å². The number of imidazole rings is 1. The maximum Gasteiger partial charge on any atom is 0.205 e. The number of nitrogens with two attached hydrogens (primary N) is 1. The van der Waals surface area contributed by atoms with Gasteiger partial charge in [-0.2, -0.15) is 0 Å². The summed E-state index contributed by atoms with van der Waals surface area (Å²) in [6, 6.07) is 8.80. The van der Waals surface area contributed by atoms with Gasteiger partial charge in [0.2, 0.25) is 5.95 Å². The number of hydrogen-bond donors (Lipinski definition) is 1. The van der Waals surface area contributed by atoms with Crippen molar-refractivity contribution in [1.29, 1.82) is 0 Å². The van der Waals surface area contributed by atoms with Gasteiger partial charge in [0.25, 0.3) is 0 Å². The lowest BCUT2D eigenvalue weighted by Gasteiger charge is -2.07. The number of halogens is 2. The molecule has 0 saturated heterocycles. The summed E-state index contributed by atoms with van der Waals surface area (Å²) in [5, 5.41) is 0. The first kappa shape index (κ1) is 11.6. The molecule has 0 radical (unpaired) electrons. The number of nitrogen functional groups attached to an aromatic ring is 1. The fourth-order valence-electron chi connectivity index (χ4n) is 2.19.